The van der Waals surface area contributed by atoms with Crippen LogP contribution in [0.1, 0.15) is 52.9 Å². The third-order valence-electron chi connectivity index (χ3n) is 3.33. The molecule has 0 aromatic heterocycles. The van der Waals surface area contributed by atoms with Crippen molar-refractivity contribution in [3.63, 3.8) is 0 Å². The fourth-order valence-corrected chi connectivity index (χ4v) is 2.13. The minimum atomic E-state index is 0.251. The van der Waals surface area contributed by atoms with Crippen molar-refractivity contribution in [1.82, 2.24) is 10.2 Å². The van der Waals surface area contributed by atoms with E-state index in [1.807, 2.05) is 0 Å². The summed E-state index contributed by atoms with van der Waals surface area (Å²) < 4.78 is 0. The highest BCUT2D eigenvalue weighted by Crippen LogP contribution is 2.29. The van der Waals surface area contributed by atoms with Crippen LogP contribution in [0.4, 0.5) is 0 Å². The molecule has 1 fully saturated rings. The van der Waals surface area contributed by atoms with E-state index < -0.39 is 0 Å². The van der Waals surface area contributed by atoms with E-state index >= 15 is 0 Å². The smallest absolute Gasteiger partial charge is 0.0599 e. The Bertz CT molecular complexity index is 255. The van der Waals surface area contributed by atoms with Gasteiger partial charge in [-0.1, -0.05) is 12.3 Å². The summed E-state index contributed by atoms with van der Waals surface area (Å²) in [5.41, 5.74) is 0.251. The fourth-order valence-electron chi connectivity index (χ4n) is 2.13. The van der Waals surface area contributed by atoms with Gasteiger partial charge in [-0.15, -0.1) is 6.42 Å². The van der Waals surface area contributed by atoms with Crippen molar-refractivity contribution in [2.24, 2.45) is 5.92 Å². The van der Waals surface area contributed by atoms with Gasteiger partial charge < -0.3 is 5.32 Å². The maximum atomic E-state index is 5.42. The molecule has 104 valence electrons. The lowest BCUT2D eigenvalue weighted by molar-refractivity contribution is 0.286. The topological polar surface area (TPSA) is 15.3 Å². The third-order valence-corrected chi connectivity index (χ3v) is 3.33. The number of terminal acetylenes is 1. The molecule has 0 atom stereocenters. The van der Waals surface area contributed by atoms with Gasteiger partial charge in [0.25, 0.3) is 0 Å². The largest absolute Gasteiger partial charge is 0.312 e. The first-order chi connectivity index (χ1) is 8.51. The van der Waals surface area contributed by atoms with Gasteiger partial charge in [0.2, 0.25) is 0 Å². The zero-order valence-corrected chi connectivity index (χ0v) is 12.5. The molecule has 0 spiro atoms. The van der Waals surface area contributed by atoms with Gasteiger partial charge in [-0.2, -0.15) is 0 Å². The monoisotopic (exact) mass is 250 g/mol. The van der Waals surface area contributed by atoms with E-state index in [-0.39, 0.29) is 5.54 Å². The van der Waals surface area contributed by atoms with Crippen molar-refractivity contribution in [3.8, 4) is 12.3 Å². The molecule has 1 aliphatic carbocycles. The highest BCUT2D eigenvalue weighted by molar-refractivity contribution is 4.90. The van der Waals surface area contributed by atoms with Gasteiger partial charge >= 0.3 is 0 Å². The second-order valence-corrected chi connectivity index (χ2v) is 6.62. The Kier molecular flexibility index (Phi) is 6.75. The molecule has 0 aromatic rings. The second kappa shape index (κ2) is 7.81. The average molecular weight is 250 g/mol. The van der Waals surface area contributed by atoms with Crippen LogP contribution in [-0.2, 0) is 0 Å². The minimum absolute atomic E-state index is 0.251. The molecular weight excluding hydrogens is 220 g/mol. The molecule has 18 heavy (non-hydrogen) atoms. The van der Waals surface area contributed by atoms with Crippen LogP contribution in [0.25, 0.3) is 0 Å². The molecule has 0 bridgehead atoms. The van der Waals surface area contributed by atoms with Crippen LogP contribution >= 0.6 is 0 Å². The maximum absolute atomic E-state index is 5.42. The summed E-state index contributed by atoms with van der Waals surface area (Å²) >= 11 is 0. The molecule has 1 N–H and O–H groups in total. The fraction of sp³-hybridized carbons (Fsp3) is 0.875. The van der Waals surface area contributed by atoms with E-state index in [2.05, 4.69) is 36.9 Å². The number of hydrogen-bond donors (Lipinski definition) is 1. The third kappa shape index (κ3) is 8.55. The van der Waals surface area contributed by atoms with Crippen LogP contribution in [0.5, 0.6) is 0 Å². The van der Waals surface area contributed by atoms with Crippen LogP contribution < -0.4 is 5.32 Å². The average Bonchev–Trinajstić information content (AvgIpc) is 3.05. The van der Waals surface area contributed by atoms with Gasteiger partial charge in [-0.3, -0.25) is 4.90 Å². The van der Waals surface area contributed by atoms with E-state index in [1.54, 1.807) is 0 Å². The summed E-state index contributed by atoms with van der Waals surface area (Å²) in [7, 11) is 0. The molecule has 0 radical (unpaired) electrons. The molecule has 0 aliphatic heterocycles. The summed E-state index contributed by atoms with van der Waals surface area (Å²) in [6, 6.07) is 0. The number of nitrogens with zero attached hydrogens (tertiary/aromatic N) is 1. The van der Waals surface area contributed by atoms with Crippen molar-refractivity contribution in [1.29, 1.82) is 0 Å². The van der Waals surface area contributed by atoms with Crippen molar-refractivity contribution in [2.75, 3.05) is 26.2 Å². The quantitative estimate of drug-likeness (QED) is 0.500. The van der Waals surface area contributed by atoms with E-state index in [4.69, 9.17) is 6.42 Å². The molecule has 2 heteroatoms. The summed E-state index contributed by atoms with van der Waals surface area (Å²) in [5.74, 6) is 3.73. The van der Waals surface area contributed by atoms with E-state index in [9.17, 15) is 0 Å². The highest BCUT2D eigenvalue weighted by Gasteiger charge is 2.23. The van der Waals surface area contributed by atoms with Crippen molar-refractivity contribution < 1.29 is 0 Å². The van der Waals surface area contributed by atoms with Crippen molar-refractivity contribution in [3.05, 3.63) is 0 Å². The van der Waals surface area contributed by atoms with Crippen LogP contribution in [0.2, 0.25) is 0 Å². The van der Waals surface area contributed by atoms with Gasteiger partial charge in [0.15, 0.2) is 0 Å². The Morgan fingerprint density at radius 1 is 1.22 bits per heavy atom. The predicted octanol–water partition coefficient (Wildman–Crippen LogP) is 2.89. The highest BCUT2D eigenvalue weighted by atomic mass is 15.1. The van der Waals surface area contributed by atoms with Crippen molar-refractivity contribution >= 4 is 0 Å². The lowest BCUT2D eigenvalue weighted by atomic mass is 10.1. The number of rotatable bonds is 9. The Labute approximate surface area is 114 Å². The minimum Gasteiger partial charge on any atom is -0.312 e. The summed E-state index contributed by atoms with van der Waals surface area (Å²) in [5, 5.41) is 3.53. The zero-order chi connectivity index (χ0) is 13.4. The molecule has 1 aliphatic rings. The van der Waals surface area contributed by atoms with E-state index in [0.717, 1.165) is 19.0 Å². The molecule has 0 heterocycles. The Morgan fingerprint density at radius 3 is 2.50 bits per heavy atom. The SMILES string of the molecule is C#CCN(CCCCCNC(C)(C)C)CC1CC1. The molecule has 2 nitrogen and oxygen atoms in total. The van der Waals surface area contributed by atoms with E-state index in [1.165, 1.54) is 45.2 Å². The number of unbranched alkanes of at least 4 members (excludes halogenated alkanes) is 2. The van der Waals surface area contributed by atoms with Gasteiger partial charge in [0.05, 0.1) is 6.54 Å². The summed E-state index contributed by atoms with van der Waals surface area (Å²) in [6.45, 7) is 11.0. The normalized spacial score (nSPS) is 15.9. The summed E-state index contributed by atoms with van der Waals surface area (Å²) in [6.07, 6.45) is 12.1. The first kappa shape index (κ1) is 15.5. The molecule has 0 amide bonds. The van der Waals surface area contributed by atoms with Gasteiger partial charge in [-0.25, -0.2) is 0 Å². The lowest BCUT2D eigenvalue weighted by Gasteiger charge is -2.21. The van der Waals surface area contributed by atoms with Gasteiger partial charge in [0, 0.05) is 12.1 Å². The number of hydrogen-bond acceptors (Lipinski definition) is 2. The standard InChI is InChI=1S/C16H30N2/c1-5-12-18(14-15-9-10-15)13-8-6-7-11-17-16(2,3)4/h1,15,17H,6-14H2,2-4H3. The summed E-state index contributed by atoms with van der Waals surface area (Å²) in [4.78, 5) is 2.45. The van der Waals surface area contributed by atoms with Crippen LogP contribution in [0.15, 0.2) is 0 Å². The van der Waals surface area contributed by atoms with Crippen LogP contribution in [0, 0.1) is 18.3 Å². The first-order valence-corrected chi connectivity index (χ1v) is 7.42. The molecule has 1 saturated carbocycles. The molecule has 1 rings (SSSR count). The Hall–Kier alpha value is -0.520. The molecular formula is C16H30N2. The maximum Gasteiger partial charge on any atom is 0.0599 e. The zero-order valence-electron chi connectivity index (χ0n) is 12.5. The number of nitrogens with one attached hydrogen (secondary N) is 1. The van der Waals surface area contributed by atoms with Crippen LogP contribution in [0.3, 0.4) is 0 Å². The second-order valence-electron chi connectivity index (χ2n) is 6.62. The van der Waals surface area contributed by atoms with Crippen LogP contribution in [-0.4, -0.2) is 36.6 Å². The van der Waals surface area contributed by atoms with E-state index in [0.29, 0.717) is 0 Å². The molecule has 0 aromatic carbocycles. The predicted molar refractivity (Wildman–Crippen MR) is 79.6 cm³/mol. The molecule has 0 saturated heterocycles. The Balaban J connectivity index is 1.98. The van der Waals surface area contributed by atoms with Crippen molar-refractivity contribution in [2.45, 2.75) is 58.4 Å². The lowest BCUT2D eigenvalue weighted by Crippen LogP contribution is -2.36. The molecule has 0 unspecified atom stereocenters. The van der Waals surface area contributed by atoms with Gasteiger partial charge in [-0.05, 0) is 65.5 Å². The Morgan fingerprint density at radius 2 is 1.94 bits per heavy atom. The first-order valence-electron chi connectivity index (χ1n) is 7.42. The van der Waals surface area contributed by atoms with Gasteiger partial charge in [0.1, 0.15) is 0 Å².